The van der Waals surface area contributed by atoms with Crippen LogP contribution in [0.2, 0.25) is 5.02 Å². The van der Waals surface area contributed by atoms with Gasteiger partial charge in [0.15, 0.2) is 0 Å². The Kier molecular flexibility index (Phi) is 6.38. The highest BCUT2D eigenvalue weighted by molar-refractivity contribution is 6.32. The Morgan fingerprint density at radius 2 is 2.12 bits per heavy atom. The molecule has 0 saturated carbocycles. The van der Waals surface area contributed by atoms with Gasteiger partial charge in [-0.25, -0.2) is 0 Å². The van der Waals surface area contributed by atoms with E-state index in [-0.39, 0.29) is 0 Å². The van der Waals surface area contributed by atoms with Gasteiger partial charge in [-0.15, -0.1) is 0 Å². The minimum absolute atomic E-state index is 0.706. The molecule has 0 bridgehead atoms. The van der Waals surface area contributed by atoms with Gasteiger partial charge in [-0.05, 0) is 45.0 Å². The molecule has 1 aromatic rings. The summed E-state index contributed by atoms with van der Waals surface area (Å²) in [6.07, 6.45) is 3.98. The van der Waals surface area contributed by atoms with Crippen LogP contribution in [0.25, 0.3) is 0 Å². The first kappa shape index (κ1) is 14.3. The van der Waals surface area contributed by atoms with E-state index in [4.69, 9.17) is 16.3 Å². The van der Waals surface area contributed by atoms with Crippen LogP contribution < -0.4 is 4.74 Å². The molecule has 0 fully saturated rings. The molecule has 0 saturated heterocycles. The van der Waals surface area contributed by atoms with E-state index in [1.54, 1.807) is 0 Å². The Morgan fingerprint density at radius 1 is 1.35 bits per heavy atom. The predicted octanol–water partition coefficient (Wildman–Crippen LogP) is 3.44. The summed E-state index contributed by atoms with van der Waals surface area (Å²) in [6.45, 7) is 3.76. The molecule has 0 atom stereocenters. The summed E-state index contributed by atoms with van der Waals surface area (Å²) in [5.41, 5.74) is 1.12. The molecule has 0 N–H and O–H groups in total. The molecule has 1 aromatic carbocycles. The zero-order chi connectivity index (χ0) is 12.7. The molecule has 2 nitrogen and oxygen atoms in total. The zero-order valence-electron chi connectivity index (χ0n) is 10.9. The smallest absolute Gasteiger partial charge is 0.138 e. The standard InChI is InChI=1S/C14H21ClNO/c1-4-7-12-8-5-9-13(14(12)15)17-11-6-10-16(2)3/h4-5,8-9H,6-7,10-11H2,1-3H3. The summed E-state index contributed by atoms with van der Waals surface area (Å²) in [4.78, 5) is 2.15. The molecule has 0 amide bonds. The molecular weight excluding hydrogens is 234 g/mol. The molecule has 0 heterocycles. The fourth-order valence-electron chi connectivity index (χ4n) is 1.61. The van der Waals surface area contributed by atoms with Crippen molar-refractivity contribution in [1.82, 2.24) is 4.90 Å². The van der Waals surface area contributed by atoms with Gasteiger partial charge in [-0.1, -0.05) is 30.7 Å². The predicted molar refractivity (Wildman–Crippen MR) is 73.8 cm³/mol. The lowest BCUT2D eigenvalue weighted by atomic mass is 10.1. The molecule has 1 radical (unpaired) electrons. The number of hydrogen-bond donors (Lipinski definition) is 0. The van der Waals surface area contributed by atoms with Gasteiger partial charge in [-0.2, -0.15) is 0 Å². The number of halogens is 1. The van der Waals surface area contributed by atoms with Crippen LogP contribution in [0.1, 0.15) is 18.9 Å². The third kappa shape index (κ3) is 4.97. The van der Waals surface area contributed by atoms with E-state index in [1.807, 2.05) is 25.1 Å². The van der Waals surface area contributed by atoms with Gasteiger partial charge in [0.05, 0.1) is 11.6 Å². The quantitative estimate of drug-likeness (QED) is 0.692. The van der Waals surface area contributed by atoms with Gasteiger partial charge in [-0.3, -0.25) is 0 Å². The first-order valence-corrected chi connectivity index (χ1v) is 6.35. The van der Waals surface area contributed by atoms with Crippen molar-refractivity contribution in [2.45, 2.75) is 19.8 Å². The van der Waals surface area contributed by atoms with Crippen LogP contribution in [-0.2, 0) is 6.42 Å². The molecule has 0 aliphatic heterocycles. The van der Waals surface area contributed by atoms with E-state index in [2.05, 4.69) is 25.4 Å². The van der Waals surface area contributed by atoms with Gasteiger partial charge >= 0.3 is 0 Å². The van der Waals surface area contributed by atoms with Gasteiger partial charge in [0, 0.05) is 6.54 Å². The molecule has 0 aliphatic rings. The summed E-state index contributed by atoms with van der Waals surface area (Å²) in [5.74, 6) is 0.796. The number of rotatable bonds is 7. The van der Waals surface area contributed by atoms with Crippen molar-refractivity contribution in [3.05, 3.63) is 35.2 Å². The molecule has 0 spiro atoms. The molecule has 95 valence electrons. The highest BCUT2D eigenvalue weighted by atomic mass is 35.5. The first-order valence-electron chi connectivity index (χ1n) is 5.98. The molecule has 3 heteroatoms. The summed E-state index contributed by atoms with van der Waals surface area (Å²) in [5, 5.41) is 0.746. The van der Waals surface area contributed by atoms with Crippen molar-refractivity contribution in [2.24, 2.45) is 0 Å². The summed E-state index contributed by atoms with van der Waals surface area (Å²) < 4.78 is 5.70. The van der Waals surface area contributed by atoms with Crippen molar-refractivity contribution in [3.8, 4) is 5.75 Å². The number of nitrogens with zero attached hydrogens (tertiary/aromatic N) is 1. The minimum atomic E-state index is 0.706. The number of ether oxygens (including phenoxy) is 1. The van der Waals surface area contributed by atoms with Gasteiger partial charge in [0.2, 0.25) is 0 Å². The fourth-order valence-corrected chi connectivity index (χ4v) is 1.87. The third-order valence-corrected chi connectivity index (χ3v) is 2.90. The third-order valence-electron chi connectivity index (χ3n) is 2.47. The summed E-state index contributed by atoms with van der Waals surface area (Å²) >= 11 is 6.27. The SMILES string of the molecule is C[CH]Cc1cccc(OCCCN(C)C)c1Cl. The largest absolute Gasteiger partial charge is 0.492 e. The average molecular weight is 255 g/mol. The molecule has 1 rings (SSSR count). The highest BCUT2D eigenvalue weighted by Crippen LogP contribution is 2.28. The second-order valence-corrected chi connectivity index (χ2v) is 4.72. The maximum atomic E-state index is 6.27. The van der Waals surface area contributed by atoms with Crippen molar-refractivity contribution in [2.75, 3.05) is 27.2 Å². The average Bonchev–Trinajstić information content (AvgIpc) is 2.29. The van der Waals surface area contributed by atoms with Crippen LogP contribution in [0.15, 0.2) is 18.2 Å². The van der Waals surface area contributed by atoms with Crippen molar-refractivity contribution < 1.29 is 4.74 Å². The van der Waals surface area contributed by atoms with Crippen molar-refractivity contribution in [3.63, 3.8) is 0 Å². The molecule has 0 aliphatic carbocycles. The number of benzene rings is 1. The Labute approximate surface area is 110 Å². The van der Waals surface area contributed by atoms with E-state index in [9.17, 15) is 0 Å². The molecule has 0 aromatic heterocycles. The van der Waals surface area contributed by atoms with Crippen molar-refractivity contribution >= 4 is 11.6 Å². The molecule has 0 unspecified atom stereocenters. The van der Waals surface area contributed by atoms with Crippen LogP contribution in [0.3, 0.4) is 0 Å². The second kappa shape index (κ2) is 7.57. The Hall–Kier alpha value is -0.730. The van der Waals surface area contributed by atoms with Gasteiger partial charge in [0.25, 0.3) is 0 Å². The monoisotopic (exact) mass is 254 g/mol. The Balaban J connectivity index is 2.50. The topological polar surface area (TPSA) is 12.5 Å². The molecular formula is C14H21ClNO. The molecule has 17 heavy (non-hydrogen) atoms. The minimum Gasteiger partial charge on any atom is -0.492 e. The maximum Gasteiger partial charge on any atom is 0.138 e. The Bertz CT molecular complexity index is 339. The van der Waals surface area contributed by atoms with Crippen LogP contribution in [0.4, 0.5) is 0 Å². The van der Waals surface area contributed by atoms with Gasteiger partial charge in [0.1, 0.15) is 5.75 Å². The van der Waals surface area contributed by atoms with E-state index < -0.39 is 0 Å². The number of hydrogen-bond acceptors (Lipinski definition) is 2. The lowest BCUT2D eigenvalue weighted by molar-refractivity contribution is 0.281. The highest BCUT2D eigenvalue weighted by Gasteiger charge is 2.06. The van der Waals surface area contributed by atoms with Crippen LogP contribution in [0.5, 0.6) is 5.75 Å². The Morgan fingerprint density at radius 3 is 2.76 bits per heavy atom. The van der Waals surface area contributed by atoms with Crippen molar-refractivity contribution in [1.29, 1.82) is 0 Å². The second-order valence-electron chi connectivity index (χ2n) is 4.35. The van der Waals surface area contributed by atoms with Crippen LogP contribution >= 0.6 is 11.6 Å². The van der Waals surface area contributed by atoms with E-state index in [1.165, 1.54) is 0 Å². The first-order chi connectivity index (χ1) is 8.15. The fraction of sp³-hybridized carbons (Fsp3) is 0.500. The van der Waals surface area contributed by atoms with Crippen LogP contribution in [0, 0.1) is 6.42 Å². The normalized spacial score (nSPS) is 10.9. The zero-order valence-corrected chi connectivity index (χ0v) is 11.6. The van der Waals surface area contributed by atoms with E-state index in [0.29, 0.717) is 6.61 Å². The lowest BCUT2D eigenvalue weighted by Gasteiger charge is -2.12. The summed E-state index contributed by atoms with van der Waals surface area (Å²) in [6, 6.07) is 5.96. The summed E-state index contributed by atoms with van der Waals surface area (Å²) in [7, 11) is 4.12. The maximum absolute atomic E-state index is 6.27. The van der Waals surface area contributed by atoms with Crippen LogP contribution in [-0.4, -0.2) is 32.1 Å². The van der Waals surface area contributed by atoms with E-state index in [0.717, 1.165) is 35.7 Å². The van der Waals surface area contributed by atoms with Gasteiger partial charge < -0.3 is 9.64 Å². The lowest BCUT2D eigenvalue weighted by Crippen LogP contribution is -2.15. The van der Waals surface area contributed by atoms with E-state index >= 15 is 0 Å².